The molecule has 0 saturated heterocycles. The summed E-state index contributed by atoms with van der Waals surface area (Å²) in [4.78, 5) is 27.8. The van der Waals surface area contributed by atoms with Gasteiger partial charge in [-0.05, 0) is 80.8 Å². The fraction of sp³-hybridized carbons (Fsp3) is 0.286. The lowest BCUT2D eigenvalue weighted by atomic mass is 10.1. The first-order valence-corrected chi connectivity index (χ1v) is 13.7. The van der Waals surface area contributed by atoms with Gasteiger partial charge in [0.25, 0.3) is 10.0 Å². The number of nitrogens with zero attached hydrogens (tertiary/aromatic N) is 2. The third-order valence-electron chi connectivity index (χ3n) is 6.06. The summed E-state index contributed by atoms with van der Waals surface area (Å²) in [7, 11) is -2.60. The zero-order valence-corrected chi connectivity index (χ0v) is 23.2. The molecule has 0 aliphatic carbocycles. The van der Waals surface area contributed by atoms with E-state index in [-0.39, 0.29) is 17.3 Å². The van der Waals surface area contributed by atoms with Crippen LogP contribution in [0.4, 0.5) is 5.69 Å². The van der Waals surface area contributed by atoms with Crippen molar-refractivity contribution in [2.24, 2.45) is 0 Å². The quantitative estimate of drug-likeness (QED) is 0.428. The lowest BCUT2D eigenvalue weighted by Crippen LogP contribution is -2.50. The van der Waals surface area contributed by atoms with Crippen LogP contribution in [-0.2, 0) is 26.2 Å². The van der Waals surface area contributed by atoms with Gasteiger partial charge in [-0.2, -0.15) is 0 Å². The number of carbonyl (C=O) groups excluding carboxylic acids is 2. The Morgan fingerprint density at radius 1 is 0.892 bits per heavy atom. The Hall–Kier alpha value is -3.36. The van der Waals surface area contributed by atoms with Crippen LogP contribution < -0.4 is 9.62 Å². The van der Waals surface area contributed by atoms with Crippen molar-refractivity contribution in [3.63, 3.8) is 0 Å². The molecule has 0 aliphatic rings. The number of carbonyl (C=O) groups is 2. The summed E-state index contributed by atoms with van der Waals surface area (Å²) in [6.45, 7) is 6.85. The Morgan fingerprint density at radius 2 is 1.46 bits per heavy atom. The van der Waals surface area contributed by atoms with Gasteiger partial charge in [0.05, 0.1) is 10.6 Å². The van der Waals surface area contributed by atoms with E-state index in [1.165, 1.54) is 24.1 Å². The second-order valence-electron chi connectivity index (χ2n) is 9.11. The van der Waals surface area contributed by atoms with E-state index in [4.69, 9.17) is 11.6 Å². The number of hydrogen-bond donors (Lipinski definition) is 1. The lowest BCUT2D eigenvalue weighted by Gasteiger charge is -2.32. The highest BCUT2D eigenvalue weighted by molar-refractivity contribution is 7.92. The first-order chi connectivity index (χ1) is 17.4. The van der Waals surface area contributed by atoms with Gasteiger partial charge in [-0.15, -0.1) is 0 Å². The summed E-state index contributed by atoms with van der Waals surface area (Å²) < 4.78 is 28.8. The minimum Gasteiger partial charge on any atom is -0.357 e. The van der Waals surface area contributed by atoms with Gasteiger partial charge in [0.1, 0.15) is 12.6 Å². The van der Waals surface area contributed by atoms with Crippen molar-refractivity contribution in [2.45, 2.75) is 45.2 Å². The van der Waals surface area contributed by atoms with Crippen LogP contribution in [0.25, 0.3) is 0 Å². The second-order valence-corrected chi connectivity index (χ2v) is 11.4. The summed E-state index contributed by atoms with van der Waals surface area (Å²) in [6.07, 6.45) is 0. The maximum Gasteiger partial charge on any atom is 0.264 e. The molecule has 1 N–H and O–H groups in total. The molecule has 0 bridgehead atoms. The Morgan fingerprint density at radius 3 is 2.00 bits per heavy atom. The number of nitrogens with one attached hydrogen (secondary N) is 1. The molecule has 1 atom stereocenters. The van der Waals surface area contributed by atoms with E-state index < -0.39 is 28.5 Å². The van der Waals surface area contributed by atoms with Gasteiger partial charge >= 0.3 is 0 Å². The van der Waals surface area contributed by atoms with Gasteiger partial charge < -0.3 is 10.2 Å². The number of likely N-dealkylation sites (N-methyl/N-ethyl adjacent to an activating group) is 1. The van der Waals surface area contributed by atoms with Crippen molar-refractivity contribution in [3.05, 3.63) is 94.0 Å². The Balaban J connectivity index is 2.06. The van der Waals surface area contributed by atoms with E-state index in [9.17, 15) is 18.0 Å². The highest BCUT2D eigenvalue weighted by Gasteiger charge is 2.32. The minimum atomic E-state index is -4.10. The van der Waals surface area contributed by atoms with Gasteiger partial charge in [-0.3, -0.25) is 13.9 Å². The molecule has 7 nitrogen and oxygen atoms in total. The number of benzene rings is 3. The predicted molar refractivity (Wildman–Crippen MR) is 147 cm³/mol. The summed E-state index contributed by atoms with van der Waals surface area (Å²) in [5, 5.41) is 3.12. The monoisotopic (exact) mass is 541 g/mol. The van der Waals surface area contributed by atoms with Crippen molar-refractivity contribution >= 4 is 39.1 Å². The molecule has 9 heteroatoms. The molecule has 3 aromatic carbocycles. The van der Waals surface area contributed by atoms with Gasteiger partial charge in [-0.25, -0.2) is 8.42 Å². The first kappa shape index (κ1) is 28.2. The highest BCUT2D eigenvalue weighted by Crippen LogP contribution is 2.27. The van der Waals surface area contributed by atoms with Crippen LogP contribution >= 0.6 is 11.6 Å². The van der Waals surface area contributed by atoms with Crippen molar-refractivity contribution in [1.29, 1.82) is 0 Å². The van der Waals surface area contributed by atoms with Gasteiger partial charge in [0, 0.05) is 18.6 Å². The molecule has 0 fully saturated rings. The number of anilines is 1. The topological polar surface area (TPSA) is 86.8 Å². The van der Waals surface area contributed by atoms with Crippen LogP contribution in [-0.4, -0.2) is 44.8 Å². The molecule has 0 radical (unpaired) electrons. The molecule has 0 heterocycles. The van der Waals surface area contributed by atoms with Crippen LogP contribution in [0.2, 0.25) is 5.02 Å². The van der Waals surface area contributed by atoms with Crippen LogP contribution in [0.15, 0.2) is 71.6 Å². The van der Waals surface area contributed by atoms with E-state index in [1.54, 1.807) is 55.5 Å². The van der Waals surface area contributed by atoms with E-state index in [1.807, 2.05) is 26.8 Å². The number of rotatable bonds is 9. The molecule has 0 spiro atoms. The first-order valence-electron chi connectivity index (χ1n) is 11.9. The second kappa shape index (κ2) is 11.8. The normalized spacial score (nSPS) is 12.1. The van der Waals surface area contributed by atoms with Crippen molar-refractivity contribution in [3.8, 4) is 0 Å². The van der Waals surface area contributed by atoms with E-state index >= 15 is 0 Å². The van der Waals surface area contributed by atoms with Gasteiger partial charge in [-0.1, -0.05) is 47.5 Å². The zero-order chi connectivity index (χ0) is 27.3. The molecule has 1 unspecified atom stereocenters. The SMILES string of the molecule is CNC(=O)C(C)N(Cc1ccc(Cl)cc1)C(=O)CN(c1cc(C)cc(C)c1)S(=O)(=O)c1ccc(C)cc1. The maximum absolute atomic E-state index is 13.8. The van der Waals surface area contributed by atoms with Crippen LogP contribution in [0.1, 0.15) is 29.2 Å². The van der Waals surface area contributed by atoms with Crippen LogP contribution in [0.5, 0.6) is 0 Å². The zero-order valence-electron chi connectivity index (χ0n) is 21.7. The number of amides is 2. The summed E-state index contributed by atoms with van der Waals surface area (Å²) >= 11 is 6.01. The van der Waals surface area contributed by atoms with E-state index in [0.717, 1.165) is 26.6 Å². The van der Waals surface area contributed by atoms with Crippen LogP contribution in [0.3, 0.4) is 0 Å². The highest BCUT2D eigenvalue weighted by atomic mass is 35.5. The molecule has 0 aliphatic heterocycles. The molecular formula is C28H32ClN3O4S. The van der Waals surface area contributed by atoms with Crippen molar-refractivity contribution < 1.29 is 18.0 Å². The standard InChI is InChI=1S/C28H32ClN3O4S/c1-19-6-12-26(13-7-19)37(35,36)32(25-15-20(2)14-21(3)16-25)18-27(33)31(22(4)28(34)30-5)17-23-8-10-24(29)11-9-23/h6-16,22H,17-18H2,1-5H3,(H,30,34). The third-order valence-corrected chi connectivity index (χ3v) is 8.10. The average Bonchev–Trinajstić information content (AvgIpc) is 2.85. The van der Waals surface area contributed by atoms with E-state index in [2.05, 4.69) is 5.32 Å². The molecule has 3 aromatic rings. The molecule has 0 aromatic heterocycles. The van der Waals surface area contributed by atoms with Crippen molar-refractivity contribution in [1.82, 2.24) is 10.2 Å². The van der Waals surface area contributed by atoms with E-state index in [0.29, 0.717) is 10.7 Å². The maximum atomic E-state index is 13.8. The molecule has 196 valence electrons. The Kier molecular flexibility index (Phi) is 8.99. The fourth-order valence-corrected chi connectivity index (χ4v) is 5.56. The molecule has 3 rings (SSSR count). The lowest BCUT2D eigenvalue weighted by molar-refractivity contribution is -0.139. The number of sulfonamides is 1. The molecule has 37 heavy (non-hydrogen) atoms. The summed E-state index contributed by atoms with van der Waals surface area (Å²) in [6, 6.07) is 18.0. The van der Waals surface area contributed by atoms with Gasteiger partial charge in [0.2, 0.25) is 11.8 Å². The molecule has 0 saturated carbocycles. The number of hydrogen-bond acceptors (Lipinski definition) is 4. The third kappa shape index (κ3) is 6.90. The largest absolute Gasteiger partial charge is 0.357 e. The molecule has 2 amide bonds. The van der Waals surface area contributed by atoms with Gasteiger partial charge in [0.15, 0.2) is 0 Å². The fourth-order valence-electron chi connectivity index (χ4n) is 4.04. The minimum absolute atomic E-state index is 0.0775. The summed E-state index contributed by atoms with van der Waals surface area (Å²) in [5.41, 5.74) is 3.78. The Bertz CT molecular complexity index is 1350. The predicted octanol–water partition coefficient (Wildman–Crippen LogP) is 4.62. The number of aryl methyl sites for hydroxylation is 3. The summed E-state index contributed by atoms with van der Waals surface area (Å²) in [5.74, 6) is -0.873. The molecular weight excluding hydrogens is 510 g/mol. The van der Waals surface area contributed by atoms with Crippen LogP contribution in [0, 0.1) is 20.8 Å². The average molecular weight is 542 g/mol. The van der Waals surface area contributed by atoms with Crippen molar-refractivity contribution in [2.75, 3.05) is 17.9 Å². The number of halogens is 1. The Labute approximate surface area is 224 Å². The smallest absolute Gasteiger partial charge is 0.264 e.